The number of carbonyl (C=O) groups excluding carboxylic acids is 1. The van der Waals surface area contributed by atoms with E-state index < -0.39 is 30.4 Å². The Kier molecular flexibility index (Phi) is 4.71. The molecule has 28 heavy (non-hydrogen) atoms. The van der Waals surface area contributed by atoms with Gasteiger partial charge in [0, 0.05) is 13.6 Å². The first-order valence-electron chi connectivity index (χ1n) is 8.79. The first kappa shape index (κ1) is 18.3. The highest BCUT2D eigenvalue weighted by atomic mass is 16.6. The Morgan fingerprint density at radius 2 is 2.14 bits per heavy atom. The number of amides is 1. The van der Waals surface area contributed by atoms with Gasteiger partial charge in [0.25, 0.3) is 5.91 Å². The number of hydrogen-bond acceptors (Lipinski definition) is 9. The molecule has 4 atom stereocenters. The molecule has 0 spiro atoms. The largest absolute Gasteiger partial charge is 0.472 e. The molecule has 11 heteroatoms. The number of imidazole rings is 1. The summed E-state index contributed by atoms with van der Waals surface area (Å²) in [5.74, 6) is 0.375. The van der Waals surface area contributed by atoms with Crippen molar-refractivity contribution in [3.05, 3.63) is 24.9 Å². The maximum atomic E-state index is 12.1. The molecule has 1 saturated heterocycles. The van der Waals surface area contributed by atoms with E-state index in [1.54, 1.807) is 20.0 Å². The third-order valence-electron chi connectivity index (χ3n) is 4.56. The Morgan fingerprint density at radius 3 is 2.82 bits per heavy atom. The van der Waals surface area contributed by atoms with Crippen LogP contribution < -0.4 is 10.6 Å². The minimum atomic E-state index is -1.38. The Balaban J connectivity index is 1.77. The maximum Gasteiger partial charge on any atom is 0.252 e. The third kappa shape index (κ3) is 2.89. The molecule has 0 aliphatic carbocycles. The van der Waals surface area contributed by atoms with E-state index in [-0.39, 0.29) is 0 Å². The van der Waals surface area contributed by atoms with Gasteiger partial charge in [-0.15, -0.1) is 0 Å². The molecule has 0 bridgehead atoms. The summed E-state index contributed by atoms with van der Waals surface area (Å²) in [6, 6.07) is 1.72. The lowest BCUT2D eigenvalue weighted by Crippen LogP contribution is -2.42. The van der Waals surface area contributed by atoms with Gasteiger partial charge in [-0.1, -0.05) is 0 Å². The topological polar surface area (TPSA) is 148 Å². The van der Waals surface area contributed by atoms with Gasteiger partial charge in [-0.2, -0.15) is 0 Å². The number of aromatic nitrogens is 4. The number of rotatable bonds is 5. The maximum absolute atomic E-state index is 12.1. The second-order valence-corrected chi connectivity index (χ2v) is 6.30. The average Bonchev–Trinajstić information content (AvgIpc) is 3.42. The number of aliphatic hydroxyl groups excluding tert-OH is 2. The summed E-state index contributed by atoms with van der Waals surface area (Å²) < 4.78 is 12.2. The fraction of sp³-hybridized carbons (Fsp3) is 0.412. The lowest BCUT2D eigenvalue weighted by atomic mass is 10.1. The zero-order chi connectivity index (χ0) is 19.8. The van der Waals surface area contributed by atoms with Gasteiger partial charge in [0.05, 0.1) is 18.2 Å². The Hall–Kier alpha value is -3.02. The highest BCUT2D eigenvalue weighted by molar-refractivity contribution is 5.85. The van der Waals surface area contributed by atoms with Gasteiger partial charge < -0.3 is 30.0 Å². The smallest absolute Gasteiger partial charge is 0.252 e. The van der Waals surface area contributed by atoms with Crippen molar-refractivity contribution in [1.82, 2.24) is 24.8 Å². The summed E-state index contributed by atoms with van der Waals surface area (Å²) in [4.78, 5) is 25.4. The van der Waals surface area contributed by atoms with E-state index in [4.69, 9.17) is 9.15 Å². The van der Waals surface area contributed by atoms with Gasteiger partial charge in [-0.05, 0) is 13.0 Å². The number of furan rings is 1. The Labute approximate surface area is 159 Å². The SMILES string of the molecule is CCNC(=O)[C@@H]1OC(n2cnc3c(NC)nc(-c4ccoc4)nc32)C(O)C1O. The van der Waals surface area contributed by atoms with E-state index in [1.165, 1.54) is 23.4 Å². The molecule has 11 nitrogen and oxygen atoms in total. The minimum Gasteiger partial charge on any atom is -0.472 e. The number of likely N-dealkylation sites (N-methyl/N-ethyl adjacent to an activating group) is 1. The molecule has 1 fully saturated rings. The van der Waals surface area contributed by atoms with Gasteiger partial charge >= 0.3 is 0 Å². The normalized spacial score (nSPS) is 24.6. The van der Waals surface area contributed by atoms with Crippen molar-refractivity contribution in [3.8, 4) is 11.4 Å². The van der Waals surface area contributed by atoms with Crippen LogP contribution in [0, 0.1) is 0 Å². The molecule has 1 amide bonds. The monoisotopic (exact) mass is 388 g/mol. The Bertz CT molecular complexity index is 988. The first-order chi connectivity index (χ1) is 13.5. The molecule has 4 N–H and O–H groups in total. The van der Waals surface area contributed by atoms with E-state index in [9.17, 15) is 15.0 Å². The summed E-state index contributed by atoms with van der Waals surface area (Å²) >= 11 is 0. The van der Waals surface area contributed by atoms with Crippen molar-refractivity contribution in [2.45, 2.75) is 31.5 Å². The lowest BCUT2D eigenvalue weighted by molar-refractivity contribution is -0.137. The van der Waals surface area contributed by atoms with E-state index >= 15 is 0 Å². The number of aliphatic hydroxyl groups is 2. The van der Waals surface area contributed by atoms with Crippen LogP contribution in [0.2, 0.25) is 0 Å². The van der Waals surface area contributed by atoms with Crippen molar-refractivity contribution in [2.75, 3.05) is 18.9 Å². The average molecular weight is 388 g/mol. The number of anilines is 1. The predicted octanol–water partition coefficient (Wildman–Crippen LogP) is -0.117. The molecule has 148 valence electrons. The highest BCUT2D eigenvalue weighted by Gasteiger charge is 2.47. The molecule has 0 saturated carbocycles. The van der Waals surface area contributed by atoms with Crippen LogP contribution in [0.5, 0.6) is 0 Å². The van der Waals surface area contributed by atoms with E-state index in [0.717, 1.165) is 0 Å². The second kappa shape index (κ2) is 7.19. The van der Waals surface area contributed by atoms with Crippen LogP contribution in [-0.4, -0.2) is 67.5 Å². The lowest BCUT2D eigenvalue weighted by Gasteiger charge is -2.16. The first-order valence-corrected chi connectivity index (χ1v) is 8.79. The van der Waals surface area contributed by atoms with Crippen LogP contribution in [0.15, 0.2) is 29.3 Å². The molecule has 4 heterocycles. The molecule has 3 unspecified atom stereocenters. The number of hydrogen-bond donors (Lipinski definition) is 4. The van der Waals surface area contributed by atoms with E-state index in [1.807, 2.05) is 0 Å². The molecule has 0 radical (unpaired) electrons. The van der Waals surface area contributed by atoms with E-state index in [2.05, 4.69) is 25.6 Å². The van der Waals surface area contributed by atoms with E-state index in [0.29, 0.717) is 34.9 Å². The van der Waals surface area contributed by atoms with Gasteiger partial charge in [-0.3, -0.25) is 9.36 Å². The summed E-state index contributed by atoms with van der Waals surface area (Å²) in [6.07, 6.45) is -0.503. The number of nitrogens with zero attached hydrogens (tertiary/aromatic N) is 4. The highest BCUT2D eigenvalue weighted by Crippen LogP contribution is 2.33. The number of fused-ring (bicyclic) bond motifs is 1. The van der Waals surface area contributed by atoms with Crippen LogP contribution in [0.3, 0.4) is 0 Å². The van der Waals surface area contributed by atoms with Gasteiger partial charge in [0.15, 0.2) is 35.1 Å². The fourth-order valence-corrected chi connectivity index (χ4v) is 3.18. The quantitative estimate of drug-likeness (QED) is 0.469. The number of ether oxygens (including phenoxy) is 1. The Morgan fingerprint density at radius 1 is 1.32 bits per heavy atom. The van der Waals surface area contributed by atoms with Crippen molar-refractivity contribution in [1.29, 1.82) is 0 Å². The summed E-state index contributed by atoms with van der Waals surface area (Å²) in [6.45, 7) is 2.14. The van der Waals surface area contributed by atoms with Crippen molar-refractivity contribution in [2.24, 2.45) is 0 Å². The summed E-state index contributed by atoms with van der Waals surface area (Å²) in [5.41, 5.74) is 1.50. The molecule has 1 aliphatic rings. The predicted molar refractivity (Wildman–Crippen MR) is 97.2 cm³/mol. The van der Waals surface area contributed by atoms with Crippen LogP contribution in [-0.2, 0) is 9.53 Å². The van der Waals surface area contributed by atoms with Crippen LogP contribution in [0.4, 0.5) is 5.82 Å². The van der Waals surface area contributed by atoms with Crippen LogP contribution in [0.25, 0.3) is 22.6 Å². The summed E-state index contributed by atoms with van der Waals surface area (Å²) in [7, 11) is 1.70. The molecule has 0 aromatic carbocycles. The van der Waals surface area contributed by atoms with Gasteiger partial charge in [0.2, 0.25) is 0 Å². The zero-order valence-corrected chi connectivity index (χ0v) is 15.2. The second-order valence-electron chi connectivity index (χ2n) is 6.30. The molecule has 4 rings (SSSR count). The molecule has 3 aromatic heterocycles. The van der Waals surface area contributed by atoms with Crippen LogP contribution in [0.1, 0.15) is 13.2 Å². The van der Waals surface area contributed by atoms with Gasteiger partial charge in [-0.25, -0.2) is 15.0 Å². The molecule has 3 aromatic rings. The molecular formula is C17H20N6O5. The molecular weight excluding hydrogens is 368 g/mol. The minimum absolute atomic E-state index is 0.378. The standard InChI is InChI=1S/C17H20N6O5/c1-3-19-16(26)12-10(24)11(25)17(28-12)23-7-20-9-14(18-2)21-13(22-15(9)23)8-4-5-27-6-8/h4-7,10-12,17,24-25H,3H2,1-2H3,(H,19,26)(H,18,21,22)/t10?,11?,12-,17?/m1/s1. The van der Waals surface area contributed by atoms with Crippen molar-refractivity contribution < 1.29 is 24.2 Å². The van der Waals surface area contributed by atoms with Crippen molar-refractivity contribution >= 4 is 22.9 Å². The third-order valence-corrected chi connectivity index (χ3v) is 4.56. The molecule has 1 aliphatic heterocycles. The number of nitrogens with one attached hydrogen (secondary N) is 2. The van der Waals surface area contributed by atoms with Crippen molar-refractivity contribution in [3.63, 3.8) is 0 Å². The van der Waals surface area contributed by atoms with Crippen LogP contribution >= 0.6 is 0 Å². The zero-order valence-electron chi connectivity index (χ0n) is 15.2. The fourth-order valence-electron chi connectivity index (χ4n) is 3.18. The number of carbonyl (C=O) groups is 1. The van der Waals surface area contributed by atoms with Gasteiger partial charge in [0.1, 0.15) is 18.5 Å². The summed E-state index contributed by atoms with van der Waals surface area (Å²) in [5, 5.41) is 26.3.